The van der Waals surface area contributed by atoms with Gasteiger partial charge in [0.25, 0.3) is 0 Å². The molecule has 0 aliphatic rings. The standard InChI is InChI=1S/C8H19O4P.K/c1-8(2)6-4-3-5-7-12-13(9,10)11;/h8H,3-7H2,1-2H3,(H2,9,10,11);/q;+1. The minimum absolute atomic E-state index is 0. The first kappa shape index (κ1) is 18.1. The summed E-state index contributed by atoms with van der Waals surface area (Å²) in [5.41, 5.74) is 0. The topological polar surface area (TPSA) is 66.8 Å². The van der Waals surface area contributed by atoms with Gasteiger partial charge in [-0.15, -0.1) is 0 Å². The predicted molar refractivity (Wildman–Crippen MR) is 51.3 cm³/mol. The molecule has 0 aliphatic carbocycles. The number of hydrogen-bond donors (Lipinski definition) is 2. The number of unbranched alkanes of at least 4 members (excludes halogenated alkanes) is 2. The van der Waals surface area contributed by atoms with Crippen LogP contribution in [-0.4, -0.2) is 16.4 Å². The van der Waals surface area contributed by atoms with Crippen LogP contribution >= 0.6 is 7.82 Å². The van der Waals surface area contributed by atoms with Crippen molar-refractivity contribution in [2.75, 3.05) is 6.61 Å². The van der Waals surface area contributed by atoms with E-state index in [-0.39, 0.29) is 58.0 Å². The molecule has 0 saturated heterocycles. The van der Waals surface area contributed by atoms with Crippen molar-refractivity contribution in [2.45, 2.75) is 39.5 Å². The van der Waals surface area contributed by atoms with Crippen molar-refractivity contribution in [3.05, 3.63) is 0 Å². The first-order valence-electron chi connectivity index (χ1n) is 4.62. The van der Waals surface area contributed by atoms with Crippen molar-refractivity contribution in [3.8, 4) is 0 Å². The van der Waals surface area contributed by atoms with Crippen LogP contribution in [0.25, 0.3) is 0 Å². The molecule has 0 radical (unpaired) electrons. The third kappa shape index (κ3) is 16.2. The molecule has 0 amide bonds. The summed E-state index contributed by atoms with van der Waals surface area (Å²) in [6.45, 7) is 4.47. The fraction of sp³-hybridized carbons (Fsp3) is 1.00. The van der Waals surface area contributed by atoms with Crippen LogP contribution in [0.2, 0.25) is 0 Å². The Hall–Kier alpha value is 1.75. The fourth-order valence-corrected chi connectivity index (χ4v) is 1.38. The number of hydrogen-bond acceptors (Lipinski definition) is 2. The van der Waals surface area contributed by atoms with E-state index < -0.39 is 7.82 Å². The van der Waals surface area contributed by atoms with Gasteiger partial charge in [0.15, 0.2) is 0 Å². The zero-order chi connectivity index (χ0) is 10.3. The zero-order valence-corrected chi connectivity index (χ0v) is 13.3. The number of phosphoric ester groups is 1. The van der Waals surface area contributed by atoms with Crippen LogP contribution in [0.15, 0.2) is 0 Å². The van der Waals surface area contributed by atoms with E-state index in [9.17, 15) is 4.57 Å². The van der Waals surface area contributed by atoms with Gasteiger partial charge in [0, 0.05) is 0 Å². The van der Waals surface area contributed by atoms with Crippen LogP contribution in [0.3, 0.4) is 0 Å². The van der Waals surface area contributed by atoms with Crippen molar-refractivity contribution in [2.24, 2.45) is 5.92 Å². The molecule has 0 fully saturated rings. The summed E-state index contributed by atoms with van der Waals surface area (Å²) in [7, 11) is -4.23. The van der Waals surface area contributed by atoms with E-state index >= 15 is 0 Å². The van der Waals surface area contributed by atoms with Gasteiger partial charge in [-0.2, -0.15) is 0 Å². The van der Waals surface area contributed by atoms with Crippen LogP contribution in [0.5, 0.6) is 0 Å². The van der Waals surface area contributed by atoms with Gasteiger partial charge in [0.2, 0.25) is 0 Å². The van der Waals surface area contributed by atoms with Gasteiger partial charge in [-0.05, 0) is 12.3 Å². The van der Waals surface area contributed by atoms with Crippen molar-refractivity contribution in [1.29, 1.82) is 0 Å². The fourth-order valence-electron chi connectivity index (χ4n) is 1.01. The summed E-state index contributed by atoms with van der Waals surface area (Å²) in [6, 6.07) is 0. The SMILES string of the molecule is CC(C)CCCCCOP(=O)(O)O.[K+]. The molecule has 0 aromatic rings. The summed E-state index contributed by atoms with van der Waals surface area (Å²) in [5.74, 6) is 0.697. The van der Waals surface area contributed by atoms with Gasteiger partial charge in [0.1, 0.15) is 0 Å². The smallest absolute Gasteiger partial charge is 0.303 e. The van der Waals surface area contributed by atoms with E-state index in [0.717, 1.165) is 25.7 Å². The minimum atomic E-state index is -4.23. The summed E-state index contributed by atoms with van der Waals surface area (Å²) < 4.78 is 14.5. The Labute approximate surface area is 128 Å². The molecule has 0 aromatic heterocycles. The Morgan fingerprint density at radius 2 is 1.79 bits per heavy atom. The molecule has 80 valence electrons. The molecule has 2 N–H and O–H groups in total. The van der Waals surface area contributed by atoms with Gasteiger partial charge in [0.05, 0.1) is 6.61 Å². The van der Waals surface area contributed by atoms with Crippen molar-refractivity contribution in [1.82, 2.24) is 0 Å². The van der Waals surface area contributed by atoms with Crippen LogP contribution in [-0.2, 0) is 9.09 Å². The first-order valence-corrected chi connectivity index (χ1v) is 6.15. The second-order valence-corrected chi connectivity index (χ2v) is 4.81. The molecule has 0 aliphatic heterocycles. The molecule has 0 rings (SSSR count). The molecule has 14 heavy (non-hydrogen) atoms. The average molecular weight is 249 g/mol. The van der Waals surface area contributed by atoms with Crippen LogP contribution in [0, 0.1) is 5.92 Å². The first-order chi connectivity index (χ1) is 5.92. The third-order valence-electron chi connectivity index (χ3n) is 1.69. The zero-order valence-electron chi connectivity index (χ0n) is 9.27. The van der Waals surface area contributed by atoms with E-state index in [2.05, 4.69) is 18.4 Å². The van der Waals surface area contributed by atoms with Gasteiger partial charge in [-0.1, -0.05) is 33.1 Å². The Bertz CT molecular complexity index is 169. The minimum Gasteiger partial charge on any atom is -0.303 e. The molecule has 0 bridgehead atoms. The molecule has 0 atom stereocenters. The van der Waals surface area contributed by atoms with Crippen molar-refractivity contribution in [3.63, 3.8) is 0 Å². The quantitative estimate of drug-likeness (QED) is 0.356. The number of rotatable bonds is 7. The Morgan fingerprint density at radius 1 is 1.21 bits per heavy atom. The van der Waals surface area contributed by atoms with E-state index in [1.807, 2.05) is 0 Å². The van der Waals surface area contributed by atoms with Crippen LogP contribution in [0.1, 0.15) is 39.5 Å². The molecule has 0 aromatic carbocycles. The second-order valence-electron chi connectivity index (χ2n) is 3.57. The maximum atomic E-state index is 10.2. The maximum Gasteiger partial charge on any atom is 1.00 e. The van der Waals surface area contributed by atoms with Gasteiger partial charge in [-0.25, -0.2) is 4.57 Å². The largest absolute Gasteiger partial charge is 1.00 e. The molecule has 4 nitrogen and oxygen atoms in total. The predicted octanol–water partition coefficient (Wildman–Crippen LogP) is -0.684. The Kier molecular flexibility index (Phi) is 12.9. The molecule has 0 heterocycles. The van der Waals surface area contributed by atoms with Gasteiger partial charge < -0.3 is 9.79 Å². The van der Waals surface area contributed by atoms with Crippen LogP contribution < -0.4 is 51.4 Å². The van der Waals surface area contributed by atoms with Crippen molar-refractivity contribution >= 4 is 7.82 Å². The second kappa shape index (κ2) is 9.94. The summed E-state index contributed by atoms with van der Waals surface area (Å²) in [4.78, 5) is 16.7. The van der Waals surface area contributed by atoms with Crippen molar-refractivity contribution < 1.29 is 70.3 Å². The number of phosphoric acid groups is 1. The molecule has 0 saturated carbocycles. The summed E-state index contributed by atoms with van der Waals surface area (Å²) in [6.07, 6.45) is 3.95. The third-order valence-corrected chi connectivity index (χ3v) is 2.20. The maximum absolute atomic E-state index is 10.2. The van der Waals surface area contributed by atoms with E-state index in [4.69, 9.17) is 9.79 Å². The molecule has 6 heteroatoms. The Morgan fingerprint density at radius 3 is 2.21 bits per heavy atom. The molecular formula is C8H19KO4P+. The van der Waals surface area contributed by atoms with E-state index in [1.54, 1.807) is 0 Å². The average Bonchev–Trinajstić information content (AvgIpc) is 1.93. The molecule has 0 unspecified atom stereocenters. The summed E-state index contributed by atoms with van der Waals surface area (Å²) in [5, 5.41) is 0. The van der Waals surface area contributed by atoms with E-state index in [1.165, 1.54) is 0 Å². The van der Waals surface area contributed by atoms with Gasteiger partial charge >= 0.3 is 59.2 Å². The van der Waals surface area contributed by atoms with Crippen LogP contribution in [0.4, 0.5) is 0 Å². The summed E-state index contributed by atoms with van der Waals surface area (Å²) >= 11 is 0. The monoisotopic (exact) mass is 249 g/mol. The normalized spacial score (nSPS) is 11.5. The molecular weight excluding hydrogens is 230 g/mol. The Balaban J connectivity index is 0. The molecule has 0 spiro atoms. The van der Waals surface area contributed by atoms with E-state index in [0.29, 0.717) is 5.92 Å². The van der Waals surface area contributed by atoms with Gasteiger partial charge in [-0.3, -0.25) is 4.52 Å².